The fourth-order valence-electron chi connectivity index (χ4n) is 2.86. The summed E-state index contributed by atoms with van der Waals surface area (Å²) in [5.41, 5.74) is 3.03. The van der Waals surface area contributed by atoms with Gasteiger partial charge in [-0.3, -0.25) is 0 Å². The summed E-state index contributed by atoms with van der Waals surface area (Å²) >= 11 is 0. The Balaban J connectivity index is 1.55. The molecule has 0 atom stereocenters. The smallest absolute Gasteiger partial charge is 0.231 e. The summed E-state index contributed by atoms with van der Waals surface area (Å²) in [7, 11) is 0. The largest absolute Gasteiger partial charge is 0.454 e. The Morgan fingerprint density at radius 1 is 0.926 bits per heavy atom. The monoisotopic (exact) mass is 362 g/mol. The highest BCUT2D eigenvalue weighted by Crippen LogP contribution is 2.32. The van der Waals surface area contributed by atoms with Gasteiger partial charge < -0.3 is 20.1 Å². The average molecular weight is 362 g/mol. The zero-order valence-electron chi connectivity index (χ0n) is 15.2. The van der Waals surface area contributed by atoms with Gasteiger partial charge in [0, 0.05) is 24.7 Å². The van der Waals surface area contributed by atoms with Crippen molar-refractivity contribution in [2.45, 2.75) is 19.9 Å². The second-order valence-corrected chi connectivity index (χ2v) is 6.30. The topological polar surface area (TPSA) is 68.3 Å². The number of hydrogen-bond donors (Lipinski definition) is 2. The number of ether oxygens (including phenoxy) is 2. The van der Waals surface area contributed by atoms with E-state index in [-0.39, 0.29) is 6.79 Å². The third kappa shape index (κ3) is 4.11. The van der Waals surface area contributed by atoms with Gasteiger partial charge in [-0.2, -0.15) is 4.98 Å². The molecule has 1 aliphatic rings. The molecule has 0 amide bonds. The number of fused-ring (bicyclic) bond motifs is 1. The van der Waals surface area contributed by atoms with Gasteiger partial charge in [0.2, 0.25) is 12.7 Å². The van der Waals surface area contributed by atoms with Crippen LogP contribution in [0.15, 0.2) is 54.6 Å². The van der Waals surface area contributed by atoms with Gasteiger partial charge >= 0.3 is 0 Å². The van der Waals surface area contributed by atoms with Crippen LogP contribution in [0.25, 0.3) is 11.3 Å². The zero-order chi connectivity index (χ0) is 18.5. The maximum Gasteiger partial charge on any atom is 0.231 e. The van der Waals surface area contributed by atoms with Crippen LogP contribution in [0.1, 0.15) is 18.9 Å². The highest BCUT2D eigenvalue weighted by molar-refractivity contribution is 5.64. The highest BCUT2D eigenvalue weighted by atomic mass is 16.7. The summed E-state index contributed by atoms with van der Waals surface area (Å²) in [5.74, 6) is 2.97. The number of hydrogen-bond acceptors (Lipinski definition) is 6. The number of nitrogens with one attached hydrogen (secondary N) is 2. The molecule has 1 aromatic heterocycles. The van der Waals surface area contributed by atoms with Crippen LogP contribution in [0, 0.1) is 0 Å². The van der Waals surface area contributed by atoms with E-state index in [1.165, 1.54) is 0 Å². The Bertz CT molecular complexity index is 915. The quantitative estimate of drug-likeness (QED) is 0.653. The van der Waals surface area contributed by atoms with E-state index < -0.39 is 0 Å². The molecule has 0 saturated carbocycles. The van der Waals surface area contributed by atoms with Crippen LogP contribution in [0.2, 0.25) is 0 Å². The van der Waals surface area contributed by atoms with Crippen LogP contribution < -0.4 is 20.1 Å². The van der Waals surface area contributed by atoms with Gasteiger partial charge in [0.1, 0.15) is 5.82 Å². The number of aromatic nitrogens is 2. The predicted octanol–water partition coefficient (Wildman–Crippen LogP) is 4.31. The maximum atomic E-state index is 5.44. The fourth-order valence-corrected chi connectivity index (χ4v) is 2.86. The van der Waals surface area contributed by atoms with Crippen molar-refractivity contribution in [2.75, 3.05) is 24.0 Å². The van der Waals surface area contributed by atoms with E-state index in [9.17, 15) is 0 Å². The van der Waals surface area contributed by atoms with E-state index in [1.807, 2.05) is 54.6 Å². The number of anilines is 2. The molecule has 6 heteroatoms. The van der Waals surface area contributed by atoms with Crippen molar-refractivity contribution in [2.24, 2.45) is 0 Å². The van der Waals surface area contributed by atoms with Crippen molar-refractivity contribution >= 4 is 11.8 Å². The molecule has 2 N–H and O–H groups in total. The second-order valence-electron chi connectivity index (χ2n) is 6.30. The lowest BCUT2D eigenvalue weighted by Crippen LogP contribution is -2.08. The fraction of sp³-hybridized carbons (Fsp3) is 0.238. The highest BCUT2D eigenvalue weighted by Gasteiger charge is 2.13. The first-order valence-corrected chi connectivity index (χ1v) is 9.12. The van der Waals surface area contributed by atoms with Crippen LogP contribution in [-0.4, -0.2) is 23.3 Å². The molecule has 2 heterocycles. The molecule has 0 unspecified atom stereocenters. The Morgan fingerprint density at radius 3 is 2.63 bits per heavy atom. The minimum absolute atomic E-state index is 0.279. The van der Waals surface area contributed by atoms with Crippen LogP contribution in [0.3, 0.4) is 0 Å². The van der Waals surface area contributed by atoms with Crippen LogP contribution in [0.5, 0.6) is 11.5 Å². The first-order chi connectivity index (χ1) is 13.3. The van der Waals surface area contributed by atoms with E-state index in [2.05, 4.69) is 27.5 Å². The molecule has 1 aliphatic heterocycles. The molecule has 2 aromatic carbocycles. The molecule has 138 valence electrons. The summed E-state index contributed by atoms with van der Waals surface area (Å²) in [6, 6.07) is 18.0. The van der Waals surface area contributed by atoms with Crippen LogP contribution in [-0.2, 0) is 6.54 Å². The second kappa shape index (κ2) is 7.95. The van der Waals surface area contributed by atoms with Crippen molar-refractivity contribution in [3.8, 4) is 22.8 Å². The number of nitrogens with zero attached hydrogens (tertiary/aromatic N) is 2. The molecule has 0 aliphatic carbocycles. The van der Waals surface area contributed by atoms with Gasteiger partial charge in [0.15, 0.2) is 11.5 Å². The molecule has 0 spiro atoms. The van der Waals surface area contributed by atoms with Gasteiger partial charge in [-0.05, 0) is 24.1 Å². The first-order valence-electron chi connectivity index (χ1n) is 9.12. The number of benzene rings is 2. The van der Waals surface area contributed by atoms with Crippen molar-refractivity contribution < 1.29 is 9.47 Å². The third-order valence-electron chi connectivity index (χ3n) is 4.24. The van der Waals surface area contributed by atoms with E-state index in [0.717, 1.165) is 47.1 Å². The lowest BCUT2D eigenvalue weighted by atomic mass is 10.1. The molecule has 3 aromatic rings. The molecule has 6 nitrogen and oxygen atoms in total. The van der Waals surface area contributed by atoms with Gasteiger partial charge in [0.25, 0.3) is 0 Å². The molecule has 0 bridgehead atoms. The molecule has 4 rings (SSSR count). The third-order valence-corrected chi connectivity index (χ3v) is 4.24. The van der Waals surface area contributed by atoms with Gasteiger partial charge in [-0.15, -0.1) is 0 Å². The zero-order valence-corrected chi connectivity index (χ0v) is 15.2. The summed E-state index contributed by atoms with van der Waals surface area (Å²) < 4.78 is 10.8. The molecule has 0 saturated heterocycles. The summed E-state index contributed by atoms with van der Waals surface area (Å²) in [6.07, 6.45) is 1.03. The Kier molecular flexibility index (Phi) is 5.05. The van der Waals surface area contributed by atoms with Crippen molar-refractivity contribution in [3.05, 3.63) is 60.2 Å². The lowest BCUT2D eigenvalue weighted by molar-refractivity contribution is 0.174. The average Bonchev–Trinajstić information content (AvgIpc) is 3.19. The molecule has 0 fully saturated rings. The number of rotatable bonds is 7. The first kappa shape index (κ1) is 17.1. The van der Waals surface area contributed by atoms with Gasteiger partial charge in [0.05, 0.1) is 5.69 Å². The minimum Gasteiger partial charge on any atom is -0.454 e. The van der Waals surface area contributed by atoms with Gasteiger partial charge in [-0.1, -0.05) is 43.3 Å². The Morgan fingerprint density at radius 2 is 1.78 bits per heavy atom. The van der Waals surface area contributed by atoms with Crippen molar-refractivity contribution in [1.29, 1.82) is 0 Å². The summed E-state index contributed by atoms with van der Waals surface area (Å²) in [6.45, 7) is 3.88. The molecule has 27 heavy (non-hydrogen) atoms. The molecular weight excluding hydrogens is 340 g/mol. The Labute approximate surface area is 158 Å². The van der Waals surface area contributed by atoms with E-state index >= 15 is 0 Å². The standard InChI is InChI=1S/C21H22N4O2/c1-2-10-22-20-12-17(16-6-4-3-5-7-16)24-21(25-20)23-13-15-8-9-18-19(11-15)27-14-26-18/h3-9,11-12H,2,10,13-14H2,1H3,(H2,22,23,24,25). The van der Waals surface area contributed by atoms with E-state index in [0.29, 0.717) is 12.5 Å². The van der Waals surface area contributed by atoms with Crippen molar-refractivity contribution in [1.82, 2.24) is 9.97 Å². The van der Waals surface area contributed by atoms with Crippen molar-refractivity contribution in [3.63, 3.8) is 0 Å². The Hall–Kier alpha value is -3.28. The van der Waals surface area contributed by atoms with E-state index in [4.69, 9.17) is 9.47 Å². The minimum atomic E-state index is 0.279. The molecular formula is C21H22N4O2. The van der Waals surface area contributed by atoms with E-state index in [1.54, 1.807) is 0 Å². The van der Waals surface area contributed by atoms with Crippen LogP contribution in [0.4, 0.5) is 11.8 Å². The summed E-state index contributed by atoms with van der Waals surface area (Å²) in [4.78, 5) is 9.28. The lowest BCUT2D eigenvalue weighted by Gasteiger charge is -2.11. The maximum absolute atomic E-state index is 5.44. The summed E-state index contributed by atoms with van der Waals surface area (Å²) in [5, 5.41) is 6.67. The normalized spacial score (nSPS) is 12.0. The predicted molar refractivity (Wildman–Crippen MR) is 106 cm³/mol. The SMILES string of the molecule is CCCNc1cc(-c2ccccc2)nc(NCc2ccc3c(c2)OCO3)n1. The van der Waals surface area contributed by atoms with Crippen LogP contribution >= 0.6 is 0 Å². The molecule has 0 radical (unpaired) electrons. The van der Waals surface area contributed by atoms with Gasteiger partial charge in [-0.25, -0.2) is 4.98 Å².